The highest BCUT2D eigenvalue weighted by molar-refractivity contribution is 5.89. The topological polar surface area (TPSA) is 93.1 Å². The van der Waals surface area contributed by atoms with E-state index in [0.717, 1.165) is 23.0 Å². The van der Waals surface area contributed by atoms with Crippen LogP contribution in [0.2, 0.25) is 0 Å². The first-order valence-electron chi connectivity index (χ1n) is 7.55. The molecule has 0 atom stereocenters. The second-order valence-corrected chi connectivity index (χ2v) is 4.87. The van der Waals surface area contributed by atoms with Gasteiger partial charge >= 0.3 is 11.9 Å². The van der Waals surface area contributed by atoms with Crippen molar-refractivity contribution in [2.45, 2.75) is 0 Å². The fourth-order valence-corrected chi connectivity index (χ4v) is 1.79. The average molecular weight is 356 g/mol. The van der Waals surface area contributed by atoms with E-state index in [1.54, 1.807) is 31.4 Å². The number of ether oxygens (including phenoxy) is 2. The molecular formula is C20H20O6. The van der Waals surface area contributed by atoms with Gasteiger partial charge in [0.2, 0.25) is 5.76 Å². The maximum Gasteiger partial charge on any atom is 0.371 e. The largest absolute Gasteiger partial charge is 0.497 e. The predicted molar refractivity (Wildman–Crippen MR) is 98.7 cm³/mol. The van der Waals surface area contributed by atoms with Crippen LogP contribution in [-0.2, 0) is 14.3 Å². The molecule has 0 saturated carbocycles. The molecule has 0 saturated heterocycles. The smallest absolute Gasteiger partial charge is 0.371 e. The molecule has 6 nitrogen and oxygen atoms in total. The molecule has 0 unspecified atom stereocenters. The molecule has 0 aliphatic rings. The van der Waals surface area contributed by atoms with Gasteiger partial charge in [-0.15, -0.1) is 0 Å². The minimum absolute atomic E-state index is 0.0637. The highest BCUT2D eigenvalue weighted by atomic mass is 16.5. The van der Waals surface area contributed by atoms with Crippen LogP contribution in [-0.4, -0.2) is 36.4 Å². The van der Waals surface area contributed by atoms with E-state index in [1.165, 1.54) is 19.3 Å². The lowest BCUT2D eigenvalue weighted by Gasteiger charge is -1.99. The van der Waals surface area contributed by atoms with E-state index in [-0.39, 0.29) is 5.76 Å². The number of carbonyl (C=O) groups is 2. The fourth-order valence-electron chi connectivity index (χ4n) is 1.79. The minimum atomic E-state index is -1.06. The van der Waals surface area contributed by atoms with Crippen LogP contribution in [0.1, 0.15) is 11.1 Å². The van der Waals surface area contributed by atoms with E-state index in [2.05, 4.69) is 4.74 Å². The van der Waals surface area contributed by atoms with Crippen molar-refractivity contribution in [3.05, 3.63) is 77.6 Å². The van der Waals surface area contributed by atoms with Gasteiger partial charge in [0, 0.05) is 6.08 Å². The summed E-state index contributed by atoms with van der Waals surface area (Å²) < 4.78 is 9.63. The average Bonchev–Trinajstić information content (AvgIpc) is 2.66. The molecule has 0 radical (unpaired) electrons. The van der Waals surface area contributed by atoms with Crippen molar-refractivity contribution in [2.75, 3.05) is 14.2 Å². The van der Waals surface area contributed by atoms with E-state index in [1.807, 2.05) is 30.3 Å². The first kappa shape index (κ1) is 20.5. The van der Waals surface area contributed by atoms with Gasteiger partial charge in [0.05, 0.1) is 14.2 Å². The van der Waals surface area contributed by atoms with Crippen LogP contribution < -0.4 is 4.74 Å². The molecule has 2 aromatic rings. The summed E-state index contributed by atoms with van der Waals surface area (Å²) in [7, 11) is 2.92. The Bertz CT molecular complexity index is 761. The van der Waals surface area contributed by atoms with Crippen molar-refractivity contribution in [2.24, 2.45) is 0 Å². The lowest BCUT2D eigenvalue weighted by atomic mass is 10.2. The van der Waals surface area contributed by atoms with Crippen LogP contribution in [0.15, 0.2) is 66.4 Å². The maximum absolute atomic E-state index is 10.5. The molecule has 0 heterocycles. The monoisotopic (exact) mass is 356 g/mol. The molecule has 6 heteroatoms. The van der Waals surface area contributed by atoms with Crippen molar-refractivity contribution in [3.63, 3.8) is 0 Å². The van der Waals surface area contributed by atoms with Crippen LogP contribution in [0.4, 0.5) is 0 Å². The molecule has 2 N–H and O–H groups in total. The molecular weight excluding hydrogens is 336 g/mol. The minimum Gasteiger partial charge on any atom is -0.497 e. The number of benzene rings is 2. The van der Waals surface area contributed by atoms with Gasteiger partial charge in [-0.1, -0.05) is 42.5 Å². The quantitative estimate of drug-likeness (QED) is 0.607. The Morgan fingerprint density at radius 3 is 1.96 bits per heavy atom. The Morgan fingerprint density at radius 2 is 1.50 bits per heavy atom. The molecule has 26 heavy (non-hydrogen) atoms. The summed E-state index contributed by atoms with van der Waals surface area (Å²) in [6.45, 7) is 0. The van der Waals surface area contributed by atoms with Crippen LogP contribution in [0.3, 0.4) is 0 Å². The Balaban J connectivity index is 0.000000260. The van der Waals surface area contributed by atoms with Gasteiger partial charge in [-0.3, -0.25) is 0 Å². The molecule has 0 amide bonds. The van der Waals surface area contributed by atoms with Crippen LogP contribution in [0.25, 0.3) is 12.2 Å². The zero-order valence-corrected chi connectivity index (χ0v) is 14.5. The Labute approximate surface area is 151 Å². The lowest BCUT2D eigenvalue weighted by molar-refractivity contribution is -0.136. The Kier molecular flexibility index (Phi) is 8.75. The lowest BCUT2D eigenvalue weighted by Crippen LogP contribution is -2.01. The third-order valence-electron chi connectivity index (χ3n) is 3.06. The van der Waals surface area contributed by atoms with Crippen molar-refractivity contribution < 1.29 is 29.3 Å². The Hall–Kier alpha value is -3.54. The molecule has 2 rings (SSSR count). The summed E-state index contributed by atoms with van der Waals surface area (Å²) in [4.78, 5) is 20.7. The van der Waals surface area contributed by atoms with Gasteiger partial charge in [0.25, 0.3) is 0 Å². The van der Waals surface area contributed by atoms with Crippen molar-refractivity contribution in [1.82, 2.24) is 0 Å². The summed E-state index contributed by atoms with van der Waals surface area (Å²) in [6.07, 6.45) is 4.10. The standard InChI is InChI=1S/2C10H10O3/c1-13-9-5-2-8(3-6-9)4-7-10(11)12;1-13-9(10(11)12)7-8-5-3-2-4-6-8/h2*2-7H,1H3,(H,11,12). The van der Waals surface area contributed by atoms with Crippen molar-refractivity contribution in [3.8, 4) is 5.75 Å². The SMILES string of the molecule is COC(=Cc1ccccc1)C(=O)O.COc1ccc(C=CC(=O)O)cc1. The normalized spacial score (nSPS) is 10.6. The van der Waals surface area contributed by atoms with Crippen molar-refractivity contribution >= 4 is 24.1 Å². The van der Waals surface area contributed by atoms with Gasteiger partial charge in [0.15, 0.2) is 0 Å². The second-order valence-electron chi connectivity index (χ2n) is 4.87. The predicted octanol–water partition coefficient (Wildman–Crippen LogP) is 3.55. The number of hydrogen-bond donors (Lipinski definition) is 2. The molecule has 0 aliphatic carbocycles. The Morgan fingerprint density at radius 1 is 0.885 bits per heavy atom. The molecule has 2 aromatic carbocycles. The van der Waals surface area contributed by atoms with E-state index < -0.39 is 11.9 Å². The van der Waals surface area contributed by atoms with Crippen LogP contribution in [0.5, 0.6) is 5.75 Å². The van der Waals surface area contributed by atoms with Crippen LogP contribution >= 0.6 is 0 Å². The third-order valence-corrected chi connectivity index (χ3v) is 3.06. The number of carboxylic acid groups (broad SMARTS) is 2. The highest BCUT2D eigenvalue weighted by Gasteiger charge is 2.05. The summed E-state index contributed by atoms with van der Waals surface area (Å²) >= 11 is 0. The van der Waals surface area contributed by atoms with E-state index in [0.29, 0.717) is 0 Å². The summed E-state index contributed by atoms with van der Waals surface area (Å²) in [5, 5.41) is 17.0. The van der Waals surface area contributed by atoms with Gasteiger partial charge in [0.1, 0.15) is 5.75 Å². The third kappa shape index (κ3) is 7.83. The number of rotatable bonds is 6. The summed E-state index contributed by atoms with van der Waals surface area (Å²) in [5.41, 5.74) is 1.64. The maximum atomic E-state index is 10.5. The van der Waals surface area contributed by atoms with Gasteiger partial charge in [-0.05, 0) is 35.4 Å². The zero-order valence-electron chi connectivity index (χ0n) is 14.5. The first-order valence-corrected chi connectivity index (χ1v) is 7.55. The van der Waals surface area contributed by atoms with E-state index in [4.69, 9.17) is 14.9 Å². The van der Waals surface area contributed by atoms with Crippen molar-refractivity contribution in [1.29, 1.82) is 0 Å². The van der Waals surface area contributed by atoms with E-state index in [9.17, 15) is 9.59 Å². The molecule has 136 valence electrons. The number of carboxylic acids is 2. The molecule has 0 spiro atoms. The second kappa shape index (κ2) is 11.1. The first-order chi connectivity index (χ1) is 12.5. The number of methoxy groups -OCH3 is 2. The summed E-state index contributed by atoms with van der Waals surface area (Å²) in [6, 6.07) is 16.3. The molecule has 0 fully saturated rings. The van der Waals surface area contributed by atoms with Gasteiger partial charge < -0.3 is 19.7 Å². The highest BCUT2D eigenvalue weighted by Crippen LogP contribution is 2.12. The van der Waals surface area contributed by atoms with Gasteiger partial charge in [-0.25, -0.2) is 9.59 Å². The number of aliphatic carboxylic acids is 2. The number of hydrogen-bond acceptors (Lipinski definition) is 4. The van der Waals surface area contributed by atoms with E-state index >= 15 is 0 Å². The zero-order chi connectivity index (χ0) is 19.4. The molecule has 0 aliphatic heterocycles. The molecule has 0 aromatic heterocycles. The summed E-state index contributed by atoms with van der Waals surface area (Å²) in [5.74, 6) is -1.32. The molecule has 0 bridgehead atoms. The van der Waals surface area contributed by atoms with Gasteiger partial charge in [-0.2, -0.15) is 0 Å². The fraction of sp³-hybridized carbons (Fsp3) is 0.100. The van der Waals surface area contributed by atoms with Crippen LogP contribution in [0, 0.1) is 0 Å².